The third-order valence-electron chi connectivity index (χ3n) is 3.08. The molecule has 0 amide bonds. The Morgan fingerprint density at radius 3 is 2.69 bits per heavy atom. The van der Waals surface area contributed by atoms with Gasteiger partial charge >= 0.3 is 0 Å². The zero-order valence-electron chi connectivity index (χ0n) is 10.1. The van der Waals surface area contributed by atoms with Gasteiger partial charge in [0.05, 0.1) is 17.4 Å². The molecule has 0 aliphatic rings. The van der Waals surface area contributed by atoms with Gasteiger partial charge in [0.15, 0.2) is 0 Å². The molecule has 0 bridgehead atoms. The summed E-state index contributed by atoms with van der Waals surface area (Å²) in [6.45, 7) is 7.14. The average molecular weight is 217 g/mol. The number of hydrogen-bond acceptors (Lipinski definition) is 2. The molecule has 1 aromatic carbocycles. The third kappa shape index (κ3) is 1.83. The number of fused-ring (bicyclic) bond motifs is 1. The van der Waals surface area contributed by atoms with Crippen LogP contribution >= 0.6 is 0 Å². The van der Waals surface area contributed by atoms with E-state index in [-0.39, 0.29) is 0 Å². The molecule has 0 aliphatic carbocycles. The van der Waals surface area contributed by atoms with E-state index < -0.39 is 0 Å². The van der Waals surface area contributed by atoms with Gasteiger partial charge in [0.1, 0.15) is 0 Å². The Kier molecular flexibility index (Phi) is 2.97. The first kappa shape index (κ1) is 11.1. The Morgan fingerprint density at radius 1 is 1.31 bits per heavy atom. The molecule has 1 aromatic heterocycles. The number of nitrogens with zero attached hydrogens (tertiary/aromatic N) is 2. The van der Waals surface area contributed by atoms with E-state index >= 15 is 0 Å². The molecule has 2 aromatic rings. The van der Waals surface area contributed by atoms with Crippen LogP contribution in [0.3, 0.4) is 0 Å². The molecule has 3 heteroatoms. The van der Waals surface area contributed by atoms with Crippen LogP contribution in [0.1, 0.15) is 38.3 Å². The van der Waals surface area contributed by atoms with E-state index in [4.69, 9.17) is 5.73 Å². The largest absolute Gasteiger partial charge is 0.330 e. The van der Waals surface area contributed by atoms with Crippen LogP contribution in [-0.2, 0) is 0 Å². The van der Waals surface area contributed by atoms with Crippen molar-refractivity contribution in [2.24, 2.45) is 5.73 Å². The second kappa shape index (κ2) is 4.26. The second-order valence-corrected chi connectivity index (χ2v) is 4.63. The summed E-state index contributed by atoms with van der Waals surface area (Å²) in [4.78, 5) is 4.44. The van der Waals surface area contributed by atoms with Gasteiger partial charge in [0.25, 0.3) is 0 Å². The molecule has 86 valence electrons. The van der Waals surface area contributed by atoms with Crippen LogP contribution in [0.25, 0.3) is 11.0 Å². The van der Waals surface area contributed by atoms with Crippen molar-refractivity contribution < 1.29 is 0 Å². The van der Waals surface area contributed by atoms with E-state index in [9.17, 15) is 0 Å². The lowest BCUT2D eigenvalue weighted by Gasteiger charge is -2.10. The average Bonchev–Trinajstić information content (AvgIpc) is 2.70. The molecule has 16 heavy (non-hydrogen) atoms. The van der Waals surface area contributed by atoms with E-state index in [1.165, 1.54) is 11.1 Å². The minimum Gasteiger partial charge on any atom is -0.330 e. The molecule has 0 saturated heterocycles. The first-order chi connectivity index (χ1) is 7.63. The fraction of sp³-hybridized carbons (Fsp3) is 0.462. The summed E-state index contributed by atoms with van der Waals surface area (Å²) in [6.07, 6.45) is 1.91. The van der Waals surface area contributed by atoms with Crippen LogP contribution in [0.4, 0.5) is 0 Å². The highest BCUT2D eigenvalue weighted by atomic mass is 15.1. The first-order valence-electron chi connectivity index (χ1n) is 5.80. The molecule has 0 fully saturated rings. The first-order valence-corrected chi connectivity index (χ1v) is 5.80. The van der Waals surface area contributed by atoms with Crippen molar-refractivity contribution >= 4 is 11.0 Å². The third-order valence-corrected chi connectivity index (χ3v) is 3.08. The molecule has 0 saturated carbocycles. The van der Waals surface area contributed by atoms with Crippen molar-refractivity contribution in [3.05, 3.63) is 30.1 Å². The number of aromatic nitrogens is 2. The molecular formula is C13H19N3. The number of nitrogens with two attached hydrogens (primary N) is 1. The summed E-state index contributed by atoms with van der Waals surface area (Å²) in [6, 6.07) is 6.89. The molecule has 0 spiro atoms. The molecule has 1 heterocycles. The predicted octanol–water partition coefficient (Wildman–Crippen LogP) is 2.68. The van der Waals surface area contributed by atoms with Crippen molar-refractivity contribution in [3.8, 4) is 0 Å². The summed E-state index contributed by atoms with van der Waals surface area (Å²) in [7, 11) is 0. The maximum Gasteiger partial charge on any atom is 0.0960 e. The Hall–Kier alpha value is -1.35. The fourth-order valence-corrected chi connectivity index (χ4v) is 1.90. The molecule has 1 atom stereocenters. The summed E-state index contributed by atoms with van der Waals surface area (Å²) >= 11 is 0. The monoisotopic (exact) mass is 217 g/mol. The van der Waals surface area contributed by atoms with Gasteiger partial charge in [0.2, 0.25) is 0 Å². The lowest BCUT2D eigenvalue weighted by Crippen LogP contribution is -2.08. The van der Waals surface area contributed by atoms with Crippen LogP contribution in [0.5, 0.6) is 0 Å². The molecule has 2 rings (SSSR count). The van der Waals surface area contributed by atoms with Gasteiger partial charge in [0, 0.05) is 6.04 Å². The van der Waals surface area contributed by atoms with Crippen molar-refractivity contribution in [1.82, 2.24) is 9.55 Å². The van der Waals surface area contributed by atoms with Crippen LogP contribution in [0.15, 0.2) is 24.5 Å². The Balaban J connectivity index is 2.49. The summed E-state index contributed by atoms with van der Waals surface area (Å²) in [5, 5.41) is 0. The summed E-state index contributed by atoms with van der Waals surface area (Å²) in [5.41, 5.74) is 9.20. The van der Waals surface area contributed by atoms with Gasteiger partial charge < -0.3 is 10.3 Å². The second-order valence-electron chi connectivity index (χ2n) is 4.63. The van der Waals surface area contributed by atoms with Crippen molar-refractivity contribution in [3.63, 3.8) is 0 Å². The highest BCUT2D eigenvalue weighted by molar-refractivity contribution is 5.76. The molecule has 0 aliphatic heterocycles. The topological polar surface area (TPSA) is 43.8 Å². The minimum atomic E-state index is 0.397. The van der Waals surface area contributed by atoms with Crippen LogP contribution in [0.2, 0.25) is 0 Å². The molecule has 0 radical (unpaired) electrons. The number of rotatable bonds is 3. The van der Waals surface area contributed by atoms with E-state index in [1.807, 2.05) is 6.33 Å². The van der Waals surface area contributed by atoms with Crippen LogP contribution in [0, 0.1) is 0 Å². The van der Waals surface area contributed by atoms with Gasteiger partial charge in [-0.2, -0.15) is 0 Å². The predicted molar refractivity (Wildman–Crippen MR) is 67.6 cm³/mol. The lowest BCUT2D eigenvalue weighted by atomic mass is 10.0. The minimum absolute atomic E-state index is 0.397. The van der Waals surface area contributed by atoms with Crippen LogP contribution < -0.4 is 5.73 Å². The Bertz CT molecular complexity index is 485. The molecule has 1 unspecified atom stereocenters. The Labute approximate surface area is 96.3 Å². The molecular weight excluding hydrogens is 198 g/mol. The quantitative estimate of drug-likeness (QED) is 0.859. The number of benzene rings is 1. The maximum absolute atomic E-state index is 5.68. The van der Waals surface area contributed by atoms with Gasteiger partial charge in [-0.1, -0.05) is 13.0 Å². The van der Waals surface area contributed by atoms with Gasteiger partial charge in [-0.05, 0) is 44.0 Å². The van der Waals surface area contributed by atoms with E-state index in [0.29, 0.717) is 18.5 Å². The molecule has 2 N–H and O–H groups in total. The zero-order chi connectivity index (χ0) is 11.7. The van der Waals surface area contributed by atoms with Crippen molar-refractivity contribution in [2.75, 3.05) is 6.54 Å². The van der Waals surface area contributed by atoms with Crippen molar-refractivity contribution in [1.29, 1.82) is 0 Å². The highest BCUT2D eigenvalue weighted by Crippen LogP contribution is 2.22. The number of imidazole rings is 1. The SMILES string of the molecule is CC(CN)c1ccc2c(c1)ncn2C(C)C. The zero-order valence-corrected chi connectivity index (χ0v) is 10.1. The smallest absolute Gasteiger partial charge is 0.0960 e. The highest BCUT2D eigenvalue weighted by Gasteiger charge is 2.08. The van der Waals surface area contributed by atoms with E-state index in [0.717, 1.165) is 5.52 Å². The summed E-state index contributed by atoms with van der Waals surface area (Å²) < 4.78 is 2.19. The van der Waals surface area contributed by atoms with Gasteiger partial charge in [-0.25, -0.2) is 4.98 Å². The van der Waals surface area contributed by atoms with Crippen molar-refractivity contribution in [2.45, 2.75) is 32.7 Å². The molecule has 3 nitrogen and oxygen atoms in total. The normalized spacial score (nSPS) is 13.6. The fourth-order valence-electron chi connectivity index (χ4n) is 1.90. The number of hydrogen-bond donors (Lipinski definition) is 1. The Morgan fingerprint density at radius 2 is 2.06 bits per heavy atom. The van der Waals surface area contributed by atoms with Gasteiger partial charge in [-0.15, -0.1) is 0 Å². The maximum atomic E-state index is 5.68. The van der Waals surface area contributed by atoms with E-state index in [2.05, 4.69) is 48.5 Å². The lowest BCUT2D eigenvalue weighted by molar-refractivity contribution is 0.617. The summed E-state index contributed by atoms with van der Waals surface area (Å²) in [5.74, 6) is 0.397. The van der Waals surface area contributed by atoms with E-state index in [1.54, 1.807) is 0 Å². The van der Waals surface area contributed by atoms with Crippen LogP contribution in [-0.4, -0.2) is 16.1 Å². The van der Waals surface area contributed by atoms with Gasteiger partial charge in [-0.3, -0.25) is 0 Å². The standard InChI is InChI=1S/C13H19N3/c1-9(2)16-8-15-12-6-11(10(3)7-14)4-5-13(12)16/h4-6,8-10H,7,14H2,1-3H3.